The van der Waals surface area contributed by atoms with Crippen molar-refractivity contribution in [2.45, 2.75) is 0 Å². The van der Waals surface area contributed by atoms with Crippen molar-refractivity contribution in [3.8, 4) is 0 Å². The molecule has 0 saturated carbocycles. The van der Waals surface area contributed by atoms with E-state index >= 15 is 0 Å². The van der Waals surface area contributed by atoms with Crippen LogP contribution in [0.25, 0.3) is 11.0 Å². The van der Waals surface area contributed by atoms with E-state index < -0.39 is 5.91 Å². The maximum Gasteiger partial charge on any atom is 0.286 e. The van der Waals surface area contributed by atoms with Gasteiger partial charge in [-0.2, -0.15) is 0 Å². The van der Waals surface area contributed by atoms with Crippen LogP contribution in [0.2, 0.25) is 5.02 Å². The molecule has 1 aromatic carbocycles. The number of nitrogens with two attached hydrogens (primary N) is 2. The van der Waals surface area contributed by atoms with Crippen molar-refractivity contribution in [2.24, 2.45) is 5.73 Å². The first-order chi connectivity index (χ1) is 6.59. The van der Waals surface area contributed by atoms with Gasteiger partial charge in [0.25, 0.3) is 5.91 Å². The van der Waals surface area contributed by atoms with Gasteiger partial charge in [-0.15, -0.1) is 0 Å². The minimum Gasteiger partial charge on any atom is -0.449 e. The van der Waals surface area contributed by atoms with E-state index in [9.17, 15) is 4.79 Å². The molecule has 0 spiro atoms. The van der Waals surface area contributed by atoms with Crippen LogP contribution in [0.15, 0.2) is 22.6 Å². The Kier molecular flexibility index (Phi) is 1.86. The van der Waals surface area contributed by atoms with E-state index in [1.54, 1.807) is 18.2 Å². The Balaban J connectivity index is 2.79. The predicted octanol–water partition coefficient (Wildman–Crippen LogP) is 1.77. The highest BCUT2D eigenvalue weighted by atomic mass is 35.5. The number of amides is 1. The van der Waals surface area contributed by atoms with Gasteiger partial charge in [-0.05, 0) is 12.1 Å². The minimum absolute atomic E-state index is 0.0257. The Morgan fingerprint density at radius 3 is 2.79 bits per heavy atom. The lowest BCUT2D eigenvalue weighted by atomic mass is 10.2. The molecule has 2 aromatic rings. The van der Waals surface area contributed by atoms with Gasteiger partial charge in [0.15, 0.2) is 0 Å². The van der Waals surface area contributed by atoms with Gasteiger partial charge in [-0.1, -0.05) is 11.6 Å². The molecular weight excluding hydrogens is 204 g/mol. The molecule has 4 N–H and O–H groups in total. The number of rotatable bonds is 1. The molecule has 1 heterocycles. The monoisotopic (exact) mass is 210 g/mol. The zero-order valence-corrected chi connectivity index (χ0v) is 7.84. The number of benzene rings is 1. The first-order valence-electron chi connectivity index (χ1n) is 3.87. The second-order valence-electron chi connectivity index (χ2n) is 2.85. The number of carbonyl (C=O) groups excluding carboxylic acids is 1. The summed E-state index contributed by atoms with van der Waals surface area (Å²) in [4.78, 5) is 10.9. The summed E-state index contributed by atoms with van der Waals surface area (Å²) in [7, 11) is 0. The van der Waals surface area contributed by atoms with E-state index in [-0.39, 0.29) is 11.4 Å². The quantitative estimate of drug-likeness (QED) is 0.753. The fourth-order valence-corrected chi connectivity index (χ4v) is 1.44. The van der Waals surface area contributed by atoms with Gasteiger partial charge in [0.1, 0.15) is 5.58 Å². The first kappa shape index (κ1) is 8.90. The van der Waals surface area contributed by atoms with Crippen molar-refractivity contribution < 1.29 is 9.21 Å². The van der Waals surface area contributed by atoms with Crippen molar-refractivity contribution in [1.82, 2.24) is 0 Å². The number of primary amides is 1. The Hall–Kier alpha value is -1.68. The minimum atomic E-state index is -0.685. The maximum atomic E-state index is 10.9. The van der Waals surface area contributed by atoms with Crippen LogP contribution in [-0.4, -0.2) is 5.91 Å². The van der Waals surface area contributed by atoms with Crippen molar-refractivity contribution >= 4 is 34.2 Å². The van der Waals surface area contributed by atoms with Crippen LogP contribution in [0.1, 0.15) is 10.6 Å². The second kappa shape index (κ2) is 2.92. The fraction of sp³-hybridized carbons (Fsp3) is 0. The van der Waals surface area contributed by atoms with Gasteiger partial charge in [-0.25, -0.2) is 0 Å². The normalized spacial score (nSPS) is 10.6. The number of hydrogen-bond acceptors (Lipinski definition) is 3. The number of carbonyl (C=O) groups is 1. The van der Waals surface area contributed by atoms with Crippen LogP contribution in [0.3, 0.4) is 0 Å². The lowest BCUT2D eigenvalue weighted by molar-refractivity contribution is 0.0977. The van der Waals surface area contributed by atoms with E-state index in [0.29, 0.717) is 16.0 Å². The number of anilines is 1. The molecule has 0 fully saturated rings. The Morgan fingerprint density at radius 1 is 1.43 bits per heavy atom. The third-order valence-corrected chi connectivity index (χ3v) is 2.15. The summed E-state index contributed by atoms with van der Waals surface area (Å²) in [5.74, 6) is -0.711. The Labute approximate surface area is 84.4 Å². The number of furan rings is 1. The van der Waals surface area contributed by atoms with Gasteiger partial charge in [0.05, 0.1) is 5.69 Å². The van der Waals surface area contributed by atoms with Crippen LogP contribution in [0, 0.1) is 0 Å². The van der Waals surface area contributed by atoms with Crippen molar-refractivity contribution in [3.63, 3.8) is 0 Å². The zero-order valence-electron chi connectivity index (χ0n) is 7.08. The summed E-state index contributed by atoms with van der Waals surface area (Å²) in [5.41, 5.74) is 11.4. The molecule has 0 aliphatic carbocycles. The summed E-state index contributed by atoms with van der Waals surface area (Å²) in [5, 5.41) is 1.16. The molecule has 4 nitrogen and oxygen atoms in total. The van der Waals surface area contributed by atoms with Crippen LogP contribution in [0.5, 0.6) is 0 Å². The zero-order chi connectivity index (χ0) is 10.3. The summed E-state index contributed by atoms with van der Waals surface area (Å²) in [6.07, 6.45) is 0. The molecule has 0 atom stereocenters. The van der Waals surface area contributed by atoms with Gasteiger partial charge in [0, 0.05) is 16.5 Å². The Morgan fingerprint density at radius 2 is 2.14 bits per heavy atom. The van der Waals surface area contributed by atoms with Crippen molar-refractivity contribution in [3.05, 3.63) is 29.0 Å². The first-order valence-corrected chi connectivity index (χ1v) is 4.24. The van der Waals surface area contributed by atoms with Crippen LogP contribution < -0.4 is 11.5 Å². The number of fused-ring (bicyclic) bond motifs is 1. The molecule has 0 aliphatic heterocycles. The summed E-state index contributed by atoms with van der Waals surface area (Å²) >= 11 is 5.74. The van der Waals surface area contributed by atoms with Crippen LogP contribution in [0.4, 0.5) is 5.69 Å². The molecule has 1 aromatic heterocycles. The predicted molar refractivity (Wildman–Crippen MR) is 54.2 cm³/mol. The van der Waals surface area contributed by atoms with E-state index in [1.807, 2.05) is 0 Å². The third kappa shape index (κ3) is 1.20. The summed E-state index contributed by atoms with van der Waals surface area (Å²) in [6.45, 7) is 0. The standard InChI is InChI=1S/C9H7ClN2O2/c10-4-1-2-5-6(3-4)14-8(7(5)11)9(12)13/h1-3H,11H2,(H2,12,13). The highest BCUT2D eigenvalue weighted by Gasteiger charge is 2.15. The van der Waals surface area contributed by atoms with E-state index in [2.05, 4.69) is 0 Å². The van der Waals surface area contributed by atoms with Gasteiger partial charge in [-0.3, -0.25) is 4.79 Å². The molecule has 0 bridgehead atoms. The van der Waals surface area contributed by atoms with Gasteiger partial charge >= 0.3 is 0 Å². The Bertz CT molecular complexity index is 519. The van der Waals surface area contributed by atoms with Crippen LogP contribution in [-0.2, 0) is 0 Å². The lowest BCUT2D eigenvalue weighted by Crippen LogP contribution is -2.11. The molecule has 2 rings (SSSR count). The molecule has 1 amide bonds. The number of hydrogen-bond donors (Lipinski definition) is 2. The van der Waals surface area contributed by atoms with E-state index in [1.165, 1.54) is 0 Å². The fourth-order valence-electron chi connectivity index (χ4n) is 1.27. The molecule has 0 radical (unpaired) electrons. The lowest BCUT2D eigenvalue weighted by Gasteiger charge is -1.89. The van der Waals surface area contributed by atoms with E-state index in [4.69, 9.17) is 27.5 Å². The smallest absolute Gasteiger partial charge is 0.286 e. The second-order valence-corrected chi connectivity index (χ2v) is 3.29. The van der Waals surface area contributed by atoms with Crippen molar-refractivity contribution in [1.29, 1.82) is 0 Å². The average Bonchev–Trinajstić information content (AvgIpc) is 2.43. The molecule has 14 heavy (non-hydrogen) atoms. The average molecular weight is 211 g/mol. The number of nitrogen functional groups attached to an aromatic ring is 1. The topological polar surface area (TPSA) is 82.2 Å². The highest BCUT2D eigenvalue weighted by molar-refractivity contribution is 6.31. The molecular formula is C9H7ClN2O2. The molecule has 0 saturated heterocycles. The number of halogens is 1. The van der Waals surface area contributed by atoms with E-state index in [0.717, 1.165) is 0 Å². The molecule has 0 aliphatic rings. The van der Waals surface area contributed by atoms with Crippen LogP contribution >= 0.6 is 11.6 Å². The highest BCUT2D eigenvalue weighted by Crippen LogP contribution is 2.29. The SMILES string of the molecule is NC(=O)c1oc2cc(Cl)ccc2c1N. The van der Waals surface area contributed by atoms with Gasteiger partial charge < -0.3 is 15.9 Å². The summed E-state index contributed by atoms with van der Waals surface area (Å²) in [6, 6.07) is 4.93. The maximum absolute atomic E-state index is 10.9. The summed E-state index contributed by atoms with van der Waals surface area (Å²) < 4.78 is 5.16. The van der Waals surface area contributed by atoms with Crippen molar-refractivity contribution in [2.75, 3.05) is 5.73 Å². The third-order valence-electron chi connectivity index (χ3n) is 1.91. The largest absolute Gasteiger partial charge is 0.449 e. The molecule has 5 heteroatoms. The molecule has 0 unspecified atom stereocenters. The van der Waals surface area contributed by atoms with Gasteiger partial charge in [0.2, 0.25) is 5.76 Å². The molecule has 72 valence electrons.